The van der Waals surface area contributed by atoms with Crippen molar-refractivity contribution in [3.63, 3.8) is 0 Å². The van der Waals surface area contributed by atoms with E-state index >= 15 is 0 Å². The van der Waals surface area contributed by atoms with E-state index in [2.05, 4.69) is 30.7 Å². The van der Waals surface area contributed by atoms with Gasteiger partial charge in [-0.25, -0.2) is 9.97 Å². The zero-order valence-corrected chi connectivity index (χ0v) is 10.2. The standard InChI is InChI=1S/C12H20N2O/c1-8-10(9(2)15)7-13-11(14-8)6-12(3,4)5/h7,9,15H,6H2,1-5H3/t9-/m0/s1. The second kappa shape index (κ2) is 4.27. The van der Waals surface area contributed by atoms with Gasteiger partial charge in [0.1, 0.15) is 5.82 Å². The van der Waals surface area contributed by atoms with Crippen LogP contribution in [0.4, 0.5) is 0 Å². The summed E-state index contributed by atoms with van der Waals surface area (Å²) in [6, 6.07) is 0. The fraction of sp³-hybridized carbons (Fsp3) is 0.667. The van der Waals surface area contributed by atoms with Crippen molar-refractivity contribution in [2.75, 3.05) is 0 Å². The predicted octanol–water partition coefficient (Wildman–Crippen LogP) is 2.43. The molecule has 1 atom stereocenters. The molecule has 0 spiro atoms. The van der Waals surface area contributed by atoms with Crippen LogP contribution in [0.5, 0.6) is 0 Å². The molecule has 0 saturated heterocycles. The lowest BCUT2D eigenvalue weighted by molar-refractivity contribution is 0.197. The molecule has 0 unspecified atom stereocenters. The van der Waals surface area contributed by atoms with Crippen molar-refractivity contribution in [1.29, 1.82) is 0 Å². The molecular formula is C12H20N2O. The number of rotatable bonds is 2. The lowest BCUT2D eigenvalue weighted by Gasteiger charge is -2.17. The molecule has 0 amide bonds. The summed E-state index contributed by atoms with van der Waals surface area (Å²) in [5.41, 5.74) is 1.88. The Labute approximate surface area is 91.6 Å². The van der Waals surface area contributed by atoms with Gasteiger partial charge in [0.25, 0.3) is 0 Å². The minimum Gasteiger partial charge on any atom is -0.389 e. The predicted molar refractivity (Wildman–Crippen MR) is 60.6 cm³/mol. The maximum absolute atomic E-state index is 9.45. The molecule has 84 valence electrons. The largest absolute Gasteiger partial charge is 0.389 e. The van der Waals surface area contributed by atoms with Gasteiger partial charge >= 0.3 is 0 Å². The first-order chi connectivity index (χ1) is 6.79. The first kappa shape index (κ1) is 12.1. The first-order valence-electron chi connectivity index (χ1n) is 5.30. The molecule has 1 rings (SSSR count). The molecule has 0 fully saturated rings. The summed E-state index contributed by atoms with van der Waals surface area (Å²) in [5.74, 6) is 0.851. The van der Waals surface area contributed by atoms with Gasteiger partial charge in [-0.1, -0.05) is 20.8 Å². The van der Waals surface area contributed by atoms with Crippen molar-refractivity contribution in [2.45, 2.75) is 47.1 Å². The smallest absolute Gasteiger partial charge is 0.129 e. The third-order valence-electron chi connectivity index (χ3n) is 2.21. The fourth-order valence-corrected chi connectivity index (χ4v) is 1.49. The Morgan fingerprint density at radius 1 is 1.40 bits per heavy atom. The SMILES string of the molecule is Cc1nc(CC(C)(C)C)ncc1[C@H](C)O. The highest BCUT2D eigenvalue weighted by Crippen LogP contribution is 2.20. The summed E-state index contributed by atoms with van der Waals surface area (Å²) in [5, 5.41) is 9.45. The molecule has 0 radical (unpaired) electrons. The second-order valence-electron chi connectivity index (χ2n) is 5.24. The van der Waals surface area contributed by atoms with Gasteiger partial charge in [0.15, 0.2) is 0 Å². The van der Waals surface area contributed by atoms with Crippen molar-refractivity contribution < 1.29 is 5.11 Å². The van der Waals surface area contributed by atoms with Crippen molar-refractivity contribution in [3.05, 3.63) is 23.3 Å². The summed E-state index contributed by atoms with van der Waals surface area (Å²) in [6.45, 7) is 10.1. The van der Waals surface area contributed by atoms with E-state index in [9.17, 15) is 5.11 Å². The quantitative estimate of drug-likeness (QED) is 0.812. The third kappa shape index (κ3) is 3.59. The Morgan fingerprint density at radius 2 is 2.00 bits per heavy atom. The summed E-state index contributed by atoms with van der Waals surface area (Å²) in [6.07, 6.45) is 2.09. The molecule has 0 bridgehead atoms. The molecule has 1 heterocycles. The Morgan fingerprint density at radius 3 is 2.40 bits per heavy atom. The molecule has 15 heavy (non-hydrogen) atoms. The topological polar surface area (TPSA) is 46.0 Å². The summed E-state index contributed by atoms with van der Waals surface area (Å²) >= 11 is 0. The number of aliphatic hydroxyl groups excluding tert-OH is 1. The zero-order chi connectivity index (χ0) is 11.6. The van der Waals surface area contributed by atoms with E-state index in [1.54, 1.807) is 13.1 Å². The van der Waals surface area contributed by atoms with E-state index in [4.69, 9.17) is 0 Å². The lowest BCUT2D eigenvalue weighted by Crippen LogP contribution is -2.13. The number of hydrogen-bond acceptors (Lipinski definition) is 3. The lowest BCUT2D eigenvalue weighted by atomic mass is 9.92. The average Bonchev–Trinajstić information content (AvgIpc) is 1.99. The van der Waals surface area contributed by atoms with Gasteiger partial charge in [0, 0.05) is 23.9 Å². The van der Waals surface area contributed by atoms with Crippen LogP contribution < -0.4 is 0 Å². The monoisotopic (exact) mass is 208 g/mol. The van der Waals surface area contributed by atoms with Gasteiger partial charge in [0.2, 0.25) is 0 Å². The molecule has 1 aromatic heterocycles. The van der Waals surface area contributed by atoms with Gasteiger partial charge in [0.05, 0.1) is 6.10 Å². The van der Waals surface area contributed by atoms with E-state index in [0.29, 0.717) is 0 Å². The van der Waals surface area contributed by atoms with Crippen LogP contribution in [0.25, 0.3) is 0 Å². The van der Waals surface area contributed by atoms with Crippen LogP contribution in [0.2, 0.25) is 0 Å². The van der Waals surface area contributed by atoms with E-state index in [1.165, 1.54) is 0 Å². The normalized spacial score (nSPS) is 14.0. The minimum absolute atomic E-state index is 0.193. The van der Waals surface area contributed by atoms with Gasteiger partial charge in [-0.05, 0) is 19.3 Å². The molecule has 0 aliphatic carbocycles. The zero-order valence-electron chi connectivity index (χ0n) is 10.2. The highest BCUT2D eigenvalue weighted by molar-refractivity contribution is 5.18. The molecule has 1 aromatic rings. The van der Waals surface area contributed by atoms with Crippen molar-refractivity contribution in [2.24, 2.45) is 5.41 Å². The van der Waals surface area contributed by atoms with Crippen LogP contribution in [0.15, 0.2) is 6.20 Å². The minimum atomic E-state index is -0.492. The maximum atomic E-state index is 9.45. The number of aryl methyl sites for hydroxylation is 1. The molecule has 3 nitrogen and oxygen atoms in total. The van der Waals surface area contributed by atoms with E-state index in [0.717, 1.165) is 23.5 Å². The summed E-state index contributed by atoms with van der Waals surface area (Å²) in [7, 11) is 0. The van der Waals surface area contributed by atoms with E-state index in [1.807, 2.05) is 6.92 Å². The fourth-order valence-electron chi connectivity index (χ4n) is 1.49. The highest BCUT2D eigenvalue weighted by atomic mass is 16.3. The van der Waals surface area contributed by atoms with Crippen LogP contribution in [0.1, 0.15) is 50.9 Å². The van der Waals surface area contributed by atoms with E-state index < -0.39 is 6.10 Å². The van der Waals surface area contributed by atoms with Crippen molar-refractivity contribution in [3.8, 4) is 0 Å². The molecule has 0 aliphatic heterocycles. The molecular weight excluding hydrogens is 188 g/mol. The van der Waals surface area contributed by atoms with Gasteiger partial charge in [-0.15, -0.1) is 0 Å². The first-order valence-corrected chi connectivity index (χ1v) is 5.30. The summed E-state index contributed by atoms with van der Waals surface area (Å²) < 4.78 is 0. The van der Waals surface area contributed by atoms with Crippen molar-refractivity contribution >= 4 is 0 Å². The molecule has 3 heteroatoms. The van der Waals surface area contributed by atoms with Crippen molar-refractivity contribution in [1.82, 2.24) is 9.97 Å². The van der Waals surface area contributed by atoms with Crippen LogP contribution >= 0.6 is 0 Å². The maximum Gasteiger partial charge on any atom is 0.129 e. The van der Waals surface area contributed by atoms with Gasteiger partial charge in [-0.3, -0.25) is 0 Å². The number of aliphatic hydroxyl groups is 1. The van der Waals surface area contributed by atoms with Crippen LogP contribution in [-0.2, 0) is 6.42 Å². The van der Waals surface area contributed by atoms with Crippen LogP contribution in [0.3, 0.4) is 0 Å². The van der Waals surface area contributed by atoms with E-state index in [-0.39, 0.29) is 5.41 Å². The summed E-state index contributed by atoms with van der Waals surface area (Å²) in [4.78, 5) is 8.68. The number of aromatic nitrogens is 2. The average molecular weight is 208 g/mol. The highest BCUT2D eigenvalue weighted by Gasteiger charge is 2.15. The Kier molecular flexibility index (Phi) is 3.45. The molecule has 0 aromatic carbocycles. The Hall–Kier alpha value is -0.960. The Bertz CT molecular complexity index is 340. The molecule has 0 aliphatic rings. The molecule has 1 N–H and O–H groups in total. The molecule has 0 saturated carbocycles. The van der Waals surface area contributed by atoms with Gasteiger partial charge in [-0.2, -0.15) is 0 Å². The third-order valence-corrected chi connectivity index (χ3v) is 2.21. The number of nitrogens with zero attached hydrogens (tertiary/aromatic N) is 2. The van der Waals surface area contributed by atoms with Crippen LogP contribution in [0, 0.1) is 12.3 Å². The van der Waals surface area contributed by atoms with Crippen LogP contribution in [-0.4, -0.2) is 15.1 Å². The second-order valence-corrected chi connectivity index (χ2v) is 5.24. The Balaban J connectivity index is 2.92. The van der Waals surface area contributed by atoms with Gasteiger partial charge < -0.3 is 5.11 Å². The number of hydrogen-bond donors (Lipinski definition) is 1.